The number of hydrogen-bond donors (Lipinski definition) is 1. The fourth-order valence-electron chi connectivity index (χ4n) is 1.32. The van der Waals surface area contributed by atoms with Crippen LogP contribution in [0.15, 0.2) is 9.59 Å². The number of halogens is 2. The van der Waals surface area contributed by atoms with Crippen LogP contribution in [-0.2, 0) is 10.8 Å². The van der Waals surface area contributed by atoms with Crippen LogP contribution in [0, 0.1) is 5.82 Å². The second kappa shape index (κ2) is 4.92. The predicted octanol–water partition coefficient (Wildman–Crippen LogP) is 0.269. The summed E-state index contributed by atoms with van der Waals surface area (Å²) in [5.41, 5.74) is -1.92. The van der Waals surface area contributed by atoms with Crippen molar-refractivity contribution in [3.63, 3.8) is 0 Å². The maximum absolute atomic E-state index is 13.2. The molecule has 2 atom stereocenters. The van der Waals surface area contributed by atoms with Crippen LogP contribution in [0.1, 0.15) is 13.0 Å². The minimum Gasteiger partial charge on any atom is -0.295 e. The molecule has 0 fully saturated rings. The van der Waals surface area contributed by atoms with Crippen LogP contribution in [0.3, 0.4) is 0 Å². The second-order valence-electron chi connectivity index (χ2n) is 3.32. The molecule has 0 aliphatic carbocycles. The molecule has 16 heavy (non-hydrogen) atoms. The van der Waals surface area contributed by atoms with E-state index in [2.05, 4.69) is 0 Å². The van der Waals surface area contributed by atoms with Crippen molar-refractivity contribution in [2.75, 3.05) is 12.0 Å². The summed E-state index contributed by atoms with van der Waals surface area (Å²) in [7, 11) is -1.19. The van der Waals surface area contributed by atoms with Crippen LogP contribution < -0.4 is 11.2 Å². The summed E-state index contributed by atoms with van der Waals surface area (Å²) >= 11 is 5.30. The molecule has 0 amide bonds. The van der Waals surface area contributed by atoms with Crippen LogP contribution in [0.2, 0.25) is 5.15 Å². The van der Waals surface area contributed by atoms with E-state index in [0.717, 1.165) is 0 Å². The SMILES string of the molecule is CC(CS(C)=O)n1c(=O)[nH]c(Cl)c(F)c1=O. The standard InChI is InChI=1S/C8H10ClFN2O3S/c1-4(3-16(2)15)12-7(13)5(10)6(9)11-8(12)14/h4H,3H2,1-2H3,(H,11,14). The van der Waals surface area contributed by atoms with E-state index in [1.165, 1.54) is 13.2 Å². The minimum absolute atomic E-state index is 0.0874. The molecule has 0 saturated heterocycles. The molecule has 90 valence electrons. The first-order valence-electron chi connectivity index (χ1n) is 4.34. The van der Waals surface area contributed by atoms with E-state index in [0.29, 0.717) is 4.57 Å². The number of rotatable bonds is 3. The van der Waals surface area contributed by atoms with Crippen molar-refractivity contribution in [2.45, 2.75) is 13.0 Å². The Kier molecular flexibility index (Phi) is 4.03. The van der Waals surface area contributed by atoms with E-state index in [1.54, 1.807) is 0 Å². The summed E-state index contributed by atoms with van der Waals surface area (Å²) in [6.45, 7) is 1.51. The topological polar surface area (TPSA) is 71.9 Å². The van der Waals surface area contributed by atoms with Crippen molar-refractivity contribution >= 4 is 22.4 Å². The van der Waals surface area contributed by atoms with Gasteiger partial charge >= 0.3 is 5.69 Å². The molecule has 0 saturated carbocycles. The van der Waals surface area contributed by atoms with Crippen molar-refractivity contribution in [2.24, 2.45) is 0 Å². The zero-order valence-electron chi connectivity index (χ0n) is 8.62. The second-order valence-corrected chi connectivity index (χ2v) is 5.18. The van der Waals surface area contributed by atoms with Crippen molar-refractivity contribution in [3.05, 3.63) is 31.8 Å². The molecular weight excluding hydrogens is 259 g/mol. The average Bonchev–Trinajstić information content (AvgIpc) is 2.13. The fourth-order valence-corrected chi connectivity index (χ4v) is 2.31. The van der Waals surface area contributed by atoms with E-state index in [-0.39, 0.29) is 5.75 Å². The van der Waals surface area contributed by atoms with Crippen LogP contribution in [0.5, 0.6) is 0 Å². The zero-order chi connectivity index (χ0) is 12.5. The van der Waals surface area contributed by atoms with E-state index >= 15 is 0 Å². The molecule has 0 radical (unpaired) electrons. The lowest BCUT2D eigenvalue weighted by Gasteiger charge is -2.12. The molecule has 1 rings (SSSR count). The Morgan fingerprint density at radius 3 is 2.62 bits per heavy atom. The lowest BCUT2D eigenvalue weighted by Crippen LogP contribution is -2.40. The maximum atomic E-state index is 13.2. The zero-order valence-corrected chi connectivity index (χ0v) is 10.2. The molecule has 1 aromatic rings. The Morgan fingerprint density at radius 2 is 2.12 bits per heavy atom. The summed E-state index contributed by atoms with van der Waals surface area (Å²) in [6, 6.07) is -0.658. The van der Waals surface area contributed by atoms with Gasteiger partial charge in [-0.3, -0.25) is 18.6 Å². The van der Waals surface area contributed by atoms with Gasteiger partial charge in [-0.05, 0) is 6.92 Å². The van der Waals surface area contributed by atoms with Crippen LogP contribution in [0.4, 0.5) is 4.39 Å². The molecule has 1 N–H and O–H groups in total. The number of nitrogens with zero attached hydrogens (tertiary/aromatic N) is 1. The van der Waals surface area contributed by atoms with Gasteiger partial charge in [0.25, 0.3) is 5.56 Å². The number of nitrogens with one attached hydrogen (secondary N) is 1. The quantitative estimate of drug-likeness (QED) is 0.800. The van der Waals surface area contributed by atoms with Crippen molar-refractivity contribution in [3.8, 4) is 0 Å². The Labute approximate surface area is 97.7 Å². The van der Waals surface area contributed by atoms with Gasteiger partial charge in [-0.2, -0.15) is 4.39 Å². The average molecular weight is 269 g/mol. The highest BCUT2D eigenvalue weighted by Crippen LogP contribution is 2.05. The largest absolute Gasteiger partial charge is 0.329 e. The minimum atomic E-state index is -1.21. The van der Waals surface area contributed by atoms with Gasteiger partial charge in [0.2, 0.25) is 5.82 Å². The van der Waals surface area contributed by atoms with Gasteiger partial charge in [-0.25, -0.2) is 4.79 Å². The third kappa shape index (κ3) is 2.59. The molecule has 0 aliphatic heterocycles. The van der Waals surface area contributed by atoms with Gasteiger partial charge in [-0.15, -0.1) is 0 Å². The van der Waals surface area contributed by atoms with E-state index in [1.807, 2.05) is 4.98 Å². The van der Waals surface area contributed by atoms with Crippen molar-refractivity contribution in [1.29, 1.82) is 0 Å². The molecule has 0 aromatic carbocycles. The van der Waals surface area contributed by atoms with Gasteiger partial charge in [0.05, 0.1) is 6.04 Å². The highest BCUT2D eigenvalue weighted by atomic mass is 35.5. The molecule has 2 unspecified atom stereocenters. The Bertz CT molecular complexity index is 539. The van der Waals surface area contributed by atoms with E-state index in [4.69, 9.17) is 11.6 Å². The predicted molar refractivity (Wildman–Crippen MR) is 59.9 cm³/mol. The summed E-state index contributed by atoms with van der Waals surface area (Å²) in [5, 5.41) is -0.615. The molecule has 0 bridgehead atoms. The summed E-state index contributed by atoms with van der Waals surface area (Å²) < 4.78 is 24.8. The van der Waals surface area contributed by atoms with Crippen LogP contribution >= 0.6 is 11.6 Å². The molecular formula is C8H10ClFN2O3S. The lowest BCUT2D eigenvalue weighted by molar-refractivity contribution is 0.499. The first kappa shape index (κ1) is 13.1. The Balaban J connectivity index is 3.35. The third-order valence-corrected chi connectivity index (χ3v) is 3.16. The first-order valence-corrected chi connectivity index (χ1v) is 6.45. The maximum Gasteiger partial charge on any atom is 0.329 e. The monoisotopic (exact) mass is 268 g/mol. The highest BCUT2D eigenvalue weighted by molar-refractivity contribution is 7.84. The Hall–Kier alpha value is -0.950. The molecule has 0 spiro atoms. The number of hydrogen-bond acceptors (Lipinski definition) is 3. The molecule has 5 nitrogen and oxygen atoms in total. The van der Waals surface area contributed by atoms with Gasteiger partial charge in [0.15, 0.2) is 5.15 Å². The summed E-state index contributed by atoms with van der Waals surface area (Å²) in [4.78, 5) is 24.8. The normalized spacial score (nSPS) is 14.8. The smallest absolute Gasteiger partial charge is 0.295 e. The fraction of sp³-hybridized carbons (Fsp3) is 0.500. The summed E-state index contributed by atoms with van der Waals surface area (Å²) in [5.74, 6) is -1.13. The number of aromatic nitrogens is 2. The Morgan fingerprint density at radius 1 is 1.56 bits per heavy atom. The van der Waals surface area contributed by atoms with Gasteiger partial charge in [0.1, 0.15) is 0 Å². The van der Waals surface area contributed by atoms with Crippen molar-refractivity contribution in [1.82, 2.24) is 9.55 Å². The van der Waals surface area contributed by atoms with Gasteiger partial charge in [0, 0.05) is 22.8 Å². The highest BCUT2D eigenvalue weighted by Gasteiger charge is 2.17. The molecule has 1 heterocycles. The number of H-pyrrole nitrogens is 1. The molecule has 8 heteroatoms. The van der Waals surface area contributed by atoms with Crippen LogP contribution in [-0.4, -0.2) is 25.8 Å². The van der Waals surface area contributed by atoms with Gasteiger partial charge in [-0.1, -0.05) is 11.6 Å². The van der Waals surface area contributed by atoms with Crippen LogP contribution in [0.25, 0.3) is 0 Å². The van der Waals surface area contributed by atoms with Gasteiger partial charge < -0.3 is 0 Å². The molecule has 0 aliphatic rings. The van der Waals surface area contributed by atoms with Crippen molar-refractivity contribution < 1.29 is 8.60 Å². The van der Waals surface area contributed by atoms with E-state index < -0.39 is 39.1 Å². The molecule has 1 aromatic heterocycles. The third-order valence-electron chi connectivity index (χ3n) is 1.95. The van der Waals surface area contributed by atoms with E-state index in [9.17, 15) is 18.2 Å². The number of aromatic amines is 1. The summed E-state index contributed by atoms with van der Waals surface area (Å²) in [6.07, 6.45) is 1.43. The first-order chi connectivity index (χ1) is 7.34. The lowest BCUT2D eigenvalue weighted by atomic mass is 10.4.